The molecule has 3 amide bonds. The SMILES string of the molecule is CC[C@@H](NC(=O)N1CC(NOc2ccccc2)=NCC(Cc2cc(Cl)ccc2OC)C1=O)c1cncc(C(=O)O)c1. The number of amides is 3. The van der Waals surface area contributed by atoms with Crippen LogP contribution < -0.4 is 20.4 Å². The van der Waals surface area contributed by atoms with Crippen molar-refractivity contribution in [3.8, 4) is 11.5 Å². The van der Waals surface area contributed by atoms with Crippen molar-refractivity contribution < 1.29 is 29.1 Å². The molecule has 3 N–H and O–H groups in total. The summed E-state index contributed by atoms with van der Waals surface area (Å²) in [5, 5.41) is 12.7. The van der Waals surface area contributed by atoms with Crippen molar-refractivity contribution in [2.24, 2.45) is 10.9 Å². The fourth-order valence-corrected chi connectivity index (χ4v) is 4.57. The van der Waals surface area contributed by atoms with Crippen molar-refractivity contribution in [3.05, 3.63) is 88.7 Å². The summed E-state index contributed by atoms with van der Waals surface area (Å²) in [6, 6.07) is 14.3. The predicted molar refractivity (Wildman–Crippen MR) is 152 cm³/mol. The summed E-state index contributed by atoms with van der Waals surface area (Å²) < 4.78 is 5.46. The van der Waals surface area contributed by atoms with Crippen LogP contribution in [0.4, 0.5) is 4.79 Å². The molecule has 0 radical (unpaired) electrons. The van der Waals surface area contributed by atoms with E-state index < -0.39 is 29.9 Å². The Morgan fingerprint density at radius 3 is 2.66 bits per heavy atom. The van der Waals surface area contributed by atoms with Gasteiger partial charge in [0.15, 0.2) is 11.6 Å². The molecule has 0 spiro atoms. The fraction of sp³-hybridized carbons (Fsp3) is 0.276. The van der Waals surface area contributed by atoms with E-state index in [2.05, 4.69) is 20.8 Å². The fourth-order valence-electron chi connectivity index (χ4n) is 4.38. The van der Waals surface area contributed by atoms with Crippen LogP contribution in [0, 0.1) is 5.92 Å². The molecule has 2 heterocycles. The first kappa shape index (κ1) is 29.3. The number of halogens is 1. The van der Waals surface area contributed by atoms with Gasteiger partial charge in [-0.3, -0.25) is 19.7 Å². The number of imide groups is 1. The number of benzene rings is 2. The predicted octanol–water partition coefficient (Wildman–Crippen LogP) is 4.29. The standard InChI is InChI=1S/C29H30ClN5O6/c1-3-24(19-12-21(28(37)38)15-31-14-19)33-29(39)35-17-26(34-41-23-7-5-4-6-8-23)32-16-20(27(35)36)11-18-13-22(30)9-10-25(18)40-2/h4-10,12-15,20,24H,3,11,16-17H2,1-2H3,(H,32,34)(H,33,39)(H,37,38)/t20?,24-/m1/s1. The number of para-hydroxylation sites is 1. The summed E-state index contributed by atoms with van der Waals surface area (Å²) in [7, 11) is 1.53. The second-order valence-corrected chi connectivity index (χ2v) is 9.75. The summed E-state index contributed by atoms with van der Waals surface area (Å²) in [4.78, 5) is 54.1. The van der Waals surface area contributed by atoms with Crippen molar-refractivity contribution in [2.75, 3.05) is 20.2 Å². The summed E-state index contributed by atoms with van der Waals surface area (Å²) in [6.07, 6.45) is 3.37. The molecule has 1 aliphatic heterocycles. The number of nitrogens with zero attached hydrogens (tertiary/aromatic N) is 3. The van der Waals surface area contributed by atoms with Crippen molar-refractivity contribution in [3.63, 3.8) is 0 Å². The van der Waals surface area contributed by atoms with Gasteiger partial charge in [-0.15, -0.1) is 0 Å². The van der Waals surface area contributed by atoms with Crippen molar-refractivity contribution >= 4 is 35.3 Å². The number of ether oxygens (including phenoxy) is 1. The van der Waals surface area contributed by atoms with E-state index in [9.17, 15) is 19.5 Å². The molecular formula is C29H30ClN5O6. The topological polar surface area (TPSA) is 142 Å². The van der Waals surface area contributed by atoms with E-state index in [0.29, 0.717) is 34.1 Å². The number of carboxylic acids is 1. The zero-order valence-corrected chi connectivity index (χ0v) is 23.3. The first-order valence-corrected chi connectivity index (χ1v) is 13.3. The number of amidine groups is 1. The van der Waals surface area contributed by atoms with Crippen LogP contribution in [0.5, 0.6) is 11.5 Å². The number of rotatable bonds is 9. The lowest BCUT2D eigenvalue weighted by molar-refractivity contribution is -0.131. The molecule has 1 aliphatic rings. The molecule has 1 aromatic heterocycles. The van der Waals surface area contributed by atoms with Crippen LogP contribution in [-0.2, 0) is 11.2 Å². The average molecular weight is 580 g/mol. The number of carbonyl (C=O) groups is 3. The zero-order valence-electron chi connectivity index (χ0n) is 22.5. The number of carboxylic acid groups (broad SMARTS) is 1. The van der Waals surface area contributed by atoms with Gasteiger partial charge in [-0.05, 0) is 60.4 Å². The average Bonchev–Trinajstić information content (AvgIpc) is 3.14. The molecular weight excluding hydrogens is 550 g/mol. The van der Waals surface area contributed by atoms with Gasteiger partial charge in [-0.1, -0.05) is 36.7 Å². The van der Waals surface area contributed by atoms with Gasteiger partial charge < -0.3 is 20.0 Å². The van der Waals surface area contributed by atoms with Crippen LogP contribution in [0.2, 0.25) is 5.02 Å². The monoisotopic (exact) mass is 579 g/mol. The van der Waals surface area contributed by atoms with E-state index in [-0.39, 0.29) is 30.9 Å². The van der Waals surface area contributed by atoms with Crippen LogP contribution in [0.25, 0.3) is 0 Å². The molecule has 12 heteroatoms. The van der Waals surface area contributed by atoms with Crippen molar-refractivity contribution in [1.82, 2.24) is 20.7 Å². The maximum Gasteiger partial charge on any atom is 0.337 e. The quantitative estimate of drug-likeness (QED) is 0.319. The Balaban J connectivity index is 1.59. The van der Waals surface area contributed by atoms with E-state index in [0.717, 1.165) is 4.90 Å². The van der Waals surface area contributed by atoms with Gasteiger partial charge in [0, 0.05) is 17.4 Å². The number of aromatic nitrogens is 1. The molecule has 214 valence electrons. The lowest BCUT2D eigenvalue weighted by Gasteiger charge is -2.26. The molecule has 2 atom stereocenters. The Hall–Kier alpha value is -4.64. The highest BCUT2D eigenvalue weighted by atomic mass is 35.5. The molecule has 4 rings (SSSR count). The Kier molecular flexibility index (Phi) is 9.75. The van der Waals surface area contributed by atoms with E-state index in [4.69, 9.17) is 21.2 Å². The smallest absolute Gasteiger partial charge is 0.337 e. The molecule has 0 saturated heterocycles. The van der Waals surface area contributed by atoms with Gasteiger partial charge in [0.25, 0.3) is 0 Å². The minimum Gasteiger partial charge on any atom is -0.496 e. The number of hydroxylamine groups is 1. The lowest BCUT2D eigenvalue weighted by atomic mass is 9.97. The third kappa shape index (κ3) is 7.52. The lowest BCUT2D eigenvalue weighted by Crippen LogP contribution is -2.50. The third-order valence-corrected chi connectivity index (χ3v) is 6.76. The Morgan fingerprint density at radius 2 is 1.95 bits per heavy atom. The number of methoxy groups -OCH3 is 1. The van der Waals surface area contributed by atoms with Gasteiger partial charge in [-0.2, -0.15) is 0 Å². The second-order valence-electron chi connectivity index (χ2n) is 9.31. The molecule has 3 aromatic rings. The van der Waals surface area contributed by atoms with Crippen LogP contribution in [0.15, 0.2) is 72.0 Å². The molecule has 0 bridgehead atoms. The van der Waals surface area contributed by atoms with E-state index in [1.165, 1.54) is 25.6 Å². The van der Waals surface area contributed by atoms with Crippen LogP contribution in [0.3, 0.4) is 0 Å². The highest BCUT2D eigenvalue weighted by Gasteiger charge is 2.34. The minimum atomic E-state index is -1.13. The number of carbonyl (C=O) groups excluding carboxylic acids is 2. The number of hydrogen-bond donors (Lipinski definition) is 3. The Labute approximate surface area is 242 Å². The minimum absolute atomic E-state index is 0.00624. The number of aliphatic imine (C=N–C) groups is 1. The molecule has 0 saturated carbocycles. The highest BCUT2D eigenvalue weighted by molar-refractivity contribution is 6.30. The maximum atomic E-state index is 13.8. The highest BCUT2D eigenvalue weighted by Crippen LogP contribution is 2.27. The summed E-state index contributed by atoms with van der Waals surface area (Å²) >= 11 is 6.21. The van der Waals surface area contributed by atoms with Gasteiger partial charge in [0.1, 0.15) is 5.75 Å². The molecule has 2 aromatic carbocycles. The molecule has 41 heavy (non-hydrogen) atoms. The summed E-state index contributed by atoms with van der Waals surface area (Å²) in [5.41, 5.74) is 3.97. The maximum absolute atomic E-state index is 13.8. The normalized spacial score (nSPS) is 15.8. The van der Waals surface area contributed by atoms with Crippen molar-refractivity contribution in [2.45, 2.75) is 25.8 Å². The molecule has 1 unspecified atom stereocenters. The van der Waals surface area contributed by atoms with Gasteiger partial charge in [0.2, 0.25) is 5.91 Å². The molecule has 0 aliphatic carbocycles. The van der Waals surface area contributed by atoms with Gasteiger partial charge >= 0.3 is 12.0 Å². The number of aromatic carboxylic acids is 1. The second kappa shape index (κ2) is 13.6. The van der Waals surface area contributed by atoms with Crippen LogP contribution >= 0.6 is 11.6 Å². The number of nitrogens with one attached hydrogen (secondary N) is 2. The van der Waals surface area contributed by atoms with E-state index in [1.54, 1.807) is 30.3 Å². The number of urea groups is 1. The zero-order chi connectivity index (χ0) is 29.4. The van der Waals surface area contributed by atoms with Gasteiger partial charge in [-0.25, -0.2) is 15.1 Å². The van der Waals surface area contributed by atoms with Crippen LogP contribution in [0.1, 0.15) is 40.9 Å². The first-order valence-electron chi connectivity index (χ1n) is 12.9. The third-order valence-electron chi connectivity index (χ3n) is 6.52. The van der Waals surface area contributed by atoms with E-state index in [1.807, 2.05) is 25.1 Å². The van der Waals surface area contributed by atoms with Crippen LogP contribution in [-0.4, -0.2) is 58.9 Å². The summed E-state index contributed by atoms with van der Waals surface area (Å²) in [6.45, 7) is 1.74. The Morgan fingerprint density at radius 1 is 1.17 bits per heavy atom. The summed E-state index contributed by atoms with van der Waals surface area (Å²) in [5.74, 6) is -0.917. The molecule has 0 fully saturated rings. The largest absolute Gasteiger partial charge is 0.496 e. The molecule has 11 nitrogen and oxygen atoms in total. The van der Waals surface area contributed by atoms with E-state index >= 15 is 0 Å². The number of pyridine rings is 1. The first-order chi connectivity index (χ1) is 19.8. The number of hydrogen-bond acceptors (Lipinski definition) is 8. The Bertz CT molecular complexity index is 1430. The van der Waals surface area contributed by atoms with Crippen molar-refractivity contribution in [1.29, 1.82) is 0 Å². The van der Waals surface area contributed by atoms with Gasteiger partial charge in [0.05, 0.1) is 37.7 Å².